The number of methoxy groups -OCH3 is 1. The van der Waals surface area contributed by atoms with Crippen LogP contribution in [-0.2, 0) is 9.59 Å². The summed E-state index contributed by atoms with van der Waals surface area (Å²) in [4.78, 5) is 31.6. The highest BCUT2D eigenvalue weighted by atomic mass is 16.5. The fraction of sp³-hybridized carbons (Fsp3) is 0.360. The summed E-state index contributed by atoms with van der Waals surface area (Å²) in [6.07, 6.45) is 0.717. The summed E-state index contributed by atoms with van der Waals surface area (Å²) in [6.45, 7) is 1.20. The van der Waals surface area contributed by atoms with Crippen LogP contribution >= 0.6 is 0 Å². The van der Waals surface area contributed by atoms with E-state index >= 15 is 0 Å². The maximum Gasteiger partial charge on any atom is 0.295 e. The van der Waals surface area contributed by atoms with Gasteiger partial charge in [-0.05, 0) is 69.0 Å². The highest BCUT2D eigenvalue weighted by Crippen LogP contribution is 2.40. The summed E-state index contributed by atoms with van der Waals surface area (Å²) in [5, 5.41) is 11.1. The first-order valence-corrected chi connectivity index (χ1v) is 10.6. The molecule has 170 valence electrons. The molecule has 1 aliphatic heterocycles. The van der Waals surface area contributed by atoms with Gasteiger partial charge < -0.3 is 24.5 Å². The topological polar surface area (TPSA) is 73.3 Å². The zero-order valence-corrected chi connectivity index (χ0v) is 19.3. The molecule has 0 aliphatic carbocycles. The van der Waals surface area contributed by atoms with Crippen molar-refractivity contribution in [2.24, 2.45) is 0 Å². The molecule has 2 aromatic rings. The van der Waals surface area contributed by atoms with Gasteiger partial charge in [-0.1, -0.05) is 12.1 Å². The third-order valence-corrected chi connectivity index (χ3v) is 5.63. The summed E-state index contributed by atoms with van der Waals surface area (Å²) in [5.74, 6) is -0.783. The molecule has 1 amide bonds. The number of hydrogen-bond acceptors (Lipinski definition) is 6. The molecule has 0 saturated carbocycles. The van der Waals surface area contributed by atoms with E-state index in [0.717, 1.165) is 24.2 Å². The van der Waals surface area contributed by atoms with Crippen LogP contribution in [0.25, 0.3) is 5.76 Å². The highest BCUT2D eigenvalue weighted by molar-refractivity contribution is 6.46. The number of anilines is 1. The highest BCUT2D eigenvalue weighted by Gasteiger charge is 2.45. The zero-order valence-electron chi connectivity index (χ0n) is 19.3. The lowest BCUT2D eigenvalue weighted by atomic mass is 9.95. The van der Waals surface area contributed by atoms with Crippen molar-refractivity contribution in [2.45, 2.75) is 12.5 Å². The van der Waals surface area contributed by atoms with Crippen LogP contribution in [0.2, 0.25) is 0 Å². The molecule has 0 bridgehead atoms. The van der Waals surface area contributed by atoms with E-state index in [1.165, 1.54) is 0 Å². The molecule has 7 heteroatoms. The Kier molecular flexibility index (Phi) is 7.20. The number of amides is 1. The molecule has 0 aromatic heterocycles. The molecular formula is C25H31N3O4. The van der Waals surface area contributed by atoms with Gasteiger partial charge in [0.05, 0.1) is 18.7 Å². The van der Waals surface area contributed by atoms with Crippen LogP contribution in [0.4, 0.5) is 5.69 Å². The Bertz CT molecular complexity index is 995. The third kappa shape index (κ3) is 4.78. The number of aliphatic hydroxyl groups is 1. The Morgan fingerprint density at radius 3 is 2.16 bits per heavy atom. The normalized spacial score (nSPS) is 17.8. The molecular weight excluding hydrogens is 406 g/mol. The van der Waals surface area contributed by atoms with Crippen LogP contribution in [0.15, 0.2) is 54.1 Å². The van der Waals surface area contributed by atoms with Crippen LogP contribution in [0.5, 0.6) is 5.75 Å². The lowest BCUT2D eigenvalue weighted by molar-refractivity contribution is -0.139. The molecule has 1 N–H and O–H groups in total. The van der Waals surface area contributed by atoms with Crippen molar-refractivity contribution in [1.82, 2.24) is 9.80 Å². The Labute approximate surface area is 189 Å². The van der Waals surface area contributed by atoms with E-state index in [4.69, 9.17) is 4.74 Å². The molecule has 1 aliphatic rings. The number of benzene rings is 2. The summed E-state index contributed by atoms with van der Waals surface area (Å²) in [6, 6.07) is 13.9. The second-order valence-electron chi connectivity index (χ2n) is 8.36. The second-order valence-corrected chi connectivity index (χ2v) is 8.36. The van der Waals surface area contributed by atoms with Crippen LogP contribution in [0.3, 0.4) is 0 Å². The number of aliphatic hydroxyl groups excluding tert-OH is 1. The van der Waals surface area contributed by atoms with Gasteiger partial charge >= 0.3 is 0 Å². The lowest BCUT2D eigenvalue weighted by Gasteiger charge is -2.26. The molecule has 0 radical (unpaired) electrons. The zero-order chi connectivity index (χ0) is 23.4. The molecule has 1 heterocycles. The first kappa shape index (κ1) is 23.3. The van der Waals surface area contributed by atoms with Gasteiger partial charge in [0.1, 0.15) is 11.5 Å². The van der Waals surface area contributed by atoms with Gasteiger partial charge in [-0.25, -0.2) is 0 Å². The summed E-state index contributed by atoms with van der Waals surface area (Å²) in [7, 11) is 9.40. The number of nitrogens with zero attached hydrogens (tertiary/aromatic N) is 3. The summed E-state index contributed by atoms with van der Waals surface area (Å²) >= 11 is 0. The van der Waals surface area contributed by atoms with Crippen LogP contribution in [0.1, 0.15) is 23.6 Å². The SMILES string of the molecule is COc1ccc(/C(O)=C2/C(=O)C(=O)N(CCCN(C)C)C2c2ccc(N(C)C)cc2)cc1. The molecule has 1 unspecified atom stereocenters. The van der Waals surface area contributed by atoms with Gasteiger partial charge in [0.2, 0.25) is 0 Å². The lowest BCUT2D eigenvalue weighted by Crippen LogP contribution is -2.32. The van der Waals surface area contributed by atoms with Crippen molar-refractivity contribution < 1.29 is 19.4 Å². The maximum absolute atomic E-state index is 13.1. The van der Waals surface area contributed by atoms with Gasteiger partial charge in [0, 0.05) is 31.9 Å². The Morgan fingerprint density at radius 2 is 1.62 bits per heavy atom. The molecule has 7 nitrogen and oxygen atoms in total. The fourth-order valence-corrected chi connectivity index (χ4v) is 3.87. The monoisotopic (exact) mass is 437 g/mol. The van der Waals surface area contributed by atoms with Gasteiger partial charge in [-0.15, -0.1) is 0 Å². The minimum atomic E-state index is -0.662. The van der Waals surface area contributed by atoms with Crippen molar-refractivity contribution in [3.05, 3.63) is 65.2 Å². The number of carbonyl (C=O) groups is 2. The predicted octanol–water partition coefficient (Wildman–Crippen LogP) is 3.13. The van der Waals surface area contributed by atoms with E-state index in [1.807, 2.05) is 62.3 Å². The molecule has 2 aromatic carbocycles. The smallest absolute Gasteiger partial charge is 0.295 e. The van der Waals surface area contributed by atoms with Crippen molar-refractivity contribution in [3.8, 4) is 5.75 Å². The average molecular weight is 438 g/mol. The van der Waals surface area contributed by atoms with E-state index in [-0.39, 0.29) is 11.3 Å². The first-order chi connectivity index (χ1) is 15.2. The molecule has 1 fully saturated rings. The number of Topliss-reactive ketones (excluding diaryl/α,β-unsaturated/α-hetero) is 1. The van der Waals surface area contributed by atoms with Crippen molar-refractivity contribution in [3.63, 3.8) is 0 Å². The Balaban J connectivity index is 2.07. The van der Waals surface area contributed by atoms with Crippen molar-refractivity contribution >= 4 is 23.1 Å². The van der Waals surface area contributed by atoms with E-state index in [9.17, 15) is 14.7 Å². The van der Waals surface area contributed by atoms with Crippen LogP contribution in [-0.4, -0.2) is 75.0 Å². The number of rotatable bonds is 8. The molecule has 0 spiro atoms. The van der Waals surface area contributed by atoms with Crippen molar-refractivity contribution in [1.29, 1.82) is 0 Å². The minimum Gasteiger partial charge on any atom is -0.507 e. The van der Waals surface area contributed by atoms with Gasteiger partial charge in [0.25, 0.3) is 11.7 Å². The summed E-state index contributed by atoms with van der Waals surface area (Å²) < 4.78 is 5.18. The second kappa shape index (κ2) is 9.87. The predicted molar refractivity (Wildman–Crippen MR) is 126 cm³/mol. The quantitative estimate of drug-likeness (QED) is 0.389. The Hall–Kier alpha value is -3.32. The van der Waals surface area contributed by atoms with Gasteiger partial charge in [-0.3, -0.25) is 9.59 Å². The first-order valence-electron chi connectivity index (χ1n) is 10.6. The van der Waals surface area contributed by atoms with Crippen LogP contribution in [0, 0.1) is 0 Å². The molecule has 1 saturated heterocycles. The van der Waals surface area contributed by atoms with Crippen LogP contribution < -0.4 is 9.64 Å². The number of hydrogen-bond donors (Lipinski definition) is 1. The number of carbonyl (C=O) groups excluding carboxylic acids is 2. The van der Waals surface area contributed by atoms with E-state index < -0.39 is 17.7 Å². The molecule has 32 heavy (non-hydrogen) atoms. The van der Waals surface area contributed by atoms with Gasteiger partial charge in [0.15, 0.2) is 0 Å². The van der Waals surface area contributed by atoms with E-state index in [1.54, 1.807) is 36.3 Å². The Morgan fingerprint density at radius 1 is 1.00 bits per heavy atom. The number of ketones is 1. The summed E-state index contributed by atoms with van der Waals surface area (Å²) in [5.41, 5.74) is 2.37. The standard InChI is InChI=1S/C25H31N3O4/c1-26(2)15-6-16-28-22(17-7-11-19(12-8-17)27(3)4)21(24(30)25(28)31)23(29)18-9-13-20(32-5)14-10-18/h7-14,22,29H,6,15-16H2,1-5H3/b23-21-. The number of likely N-dealkylation sites (tertiary alicyclic amines) is 1. The largest absolute Gasteiger partial charge is 0.507 e. The van der Waals surface area contributed by atoms with Gasteiger partial charge in [-0.2, -0.15) is 0 Å². The number of ether oxygens (including phenoxy) is 1. The molecule has 3 rings (SSSR count). The minimum absolute atomic E-state index is 0.114. The van der Waals surface area contributed by atoms with E-state index in [0.29, 0.717) is 17.9 Å². The average Bonchev–Trinajstić information content (AvgIpc) is 3.03. The van der Waals surface area contributed by atoms with E-state index in [2.05, 4.69) is 0 Å². The third-order valence-electron chi connectivity index (χ3n) is 5.63. The fourth-order valence-electron chi connectivity index (χ4n) is 3.87. The molecule has 1 atom stereocenters. The van der Waals surface area contributed by atoms with Crippen molar-refractivity contribution in [2.75, 3.05) is 53.3 Å². The maximum atomic E-state index is 13.1.